The van der Waals surface area contributed by atoms with E-state index in [0.29, 0.717) is 22.4 Å². The summed E-state index contributed by atoms with van der Waals surface area (Å²) >= 11 is 0. The first-order valence-electron chi connectivity index (χ1n) is 7.82. The summed E-state index contributed by atoms with van der Waals surface area (Å²) in [7, 11) is 1.42. The Bertz CT molecular complexity index is 561. The van der Waals surface area contributed by atoms with Crippen LogP contribution in [0.25, 0.3) is 0 Å². The maximum Gasteiger partial charge on any atom is 0.337 e. The predicted octanol–water partition coefficient (Wildman–Crippen LogP) is 4.10. The van der Waals surface area contributed by atoms with Crippen LogP contribution in [0.1, 0.15) is 50.4 Å². The number of hydrogen-bond acceptors (Lipinski definition) is 3. The second kappa shape index (κ2) is 4.75. The third-order valence-electron chi connectivity index (χ3n) is 5.86. The summed E-state index contributed by atoms with van der Waals surface area (Å²) in [5.74, 6) is 0.529. The lowest BCUT2D eigenvalue weighted by Gasteiger charge is -2.43. The standard InChI is InChI=1S/C18H25NO2/c1-17(2)13-8-9-18(3,11-13)16(17)19-14-7-5-6-12(10-14)15(20)21-4/h5-7,10,13,16,19H,8-9,11H2,1-4H3/t13-,16?,18+/m0/s1. The molecule has 3 nitrogen and oxygen atoms in total. The van der Waals surface area contributed by atoms with Crippen molar-refractivity contribution in [1.82, 2.24) is 0 Å². The minimum Gasteiger partial charge on any atom is -0.465 e. The van der Waals surface area contributed by atoms with Crippen molar-refractivity contribution in [3.05, 3.63) is 29.8 Å². The van der Waals surface area contributed by atoms with E-state index in [4.69, 9.17) is 4.74 Å². The van der Waals surface area contributed by atoms with E-state index >= 15 is 0 Å². The van der Waals surface area contributed by atoms with E-state index in [9.17, 15) is 4.79 Å². The number of hydrogen-bond donors (Lipinski definition) is 1. The van der Waals surface area contributed by atoms with E-state index in [-0.39, 0.29) is 5.97 Å². The van der Waals surface area contributed by atoms with Crippen molar-refractivity contribution in [2.45, 2.75) is 46.1 Å². The Hall–Kier alpha value is -1.51. The largest absolute Gasteiger partial charge is 0.465 e. The number of nitrogens with one attached hydrogen (secondary N) is 1. The molecule has 114 valence electrons. The van der Waals surface area contributed by atoms with Gasteiger partial charge in [-0.1, -0.05) is 26.8 Å². The van der Waals surface area contributed by atoms with E-state index in [0.717, 1.165) is 11.6 Å². The molecule has 21 heavy (non-hydrogen) atoms. The average molecular weight is 287 g/mol. The first-order valence-corrected chi connectivity index (χ1v) is 7.82. The fraction of sp³-hybridized carbons (Fsp3) is 0.611. The highest BCUT2D eigenvalue weighted by Crippen LogP contribution is 2.63. The van der Waals surface area contributed by atoms with Crippen LogP contribution in [0.4, 0.5) is 5.69 Å². The Morgan fingerprint density at radius 2 is 2.10 bits per heavy atom. The quantitative estimate of drug-likeness (QED) is 0.851. The number of carbonyl (C=O) groups is 1. The fourth-order valence-corrected chi connectivity index (χ4v) is 4.68. The van der Waals surface area contributed by atoms with Crippen molar-refractivity contribution >= 4 is 11.7 Å². The molecule has 2 bridgehead atoms. The Labute approximate surface area is 127 Å². The molecule has 0 spiro atoms. The Morgan fingerprint density at radius 1 is 1.33 bits per heavy atom. The highest BCUT2D eigenvalue weighted by molar-refractivity contribution is 5.90. The summed E-state index contributed by atoms with van der Waals surface area (Å²) in [6.07, 6.45) is 3.97. The molecule has 0 amide bonds. The van der Waals surface area contributed by atoms with E-state index in [2.05, 4.69) is 26.1 Å². The van der Waals surface area contributed by atoms with Gasteiger partial charge in [-0.05, 0) is 54.2 Å². The van der Waals surface area contributed by atoms with Crippen molar-refractivity contribution in [2.24, 2.45) is 16.7 Å². The molecule has 3 atom stereocenters. The van der Waals surface area contributed by atoms with Crippen molar-refractivity contribution < 1.29 is 9.53 Å². The predicted molar refractivity (Wildman–Crippen MR) is 84.4 cm³/mol. The number of methoxy groups -OCH3 is 1. The van der Waals surface area contributed by atoms with Gasteiger partial charge < -0.3 is 10.1 Å². The summed E-state index contributed by atoms with van der Waals surface area (Å²) in [6, 6.07) is 8.10. The van der Waals surface area contributed by atoms with Crippen LogP contribution in [-0.2, 0) is 4.74 Å². The molecule has 1 unspecified atom stereocenters. The molecule has 1 N–H and O–H groups in total. The van der Waals surface area contributed by atoms with Crippen LogP contribution in [-0.4, -0.2) is 19.1 Å². The number of anilines is 1. The summed E-state index contributed by atoms with van der Waals surface area (Å²) in [5.41, 5.74) is 2.29. The molecular weight excluding hydrogens is 262 g/mol. The highest BCUT2D eigenvalue weighted by Gasteiger charge is 2.59. The molecule has 2 fully saturated rings. The van der Waals surface area contributed by atoms with Crippen LogP contribution in [0.5, 0.6) is 0 Å². The smallest absolute Gasteiger partial charge is 0.337 e. The molecule has 3 rings (SSSR count). The first-order chi connectivity index (χ1) is 9.87. The number of esters is 1. The molecule has 0 radical (unpaired) electrons. The van der Waals surface area contributed by atoms with E-state index in [1.54, 1.807) is 6.07 Å². The maximum atomic E-state index is 11.7. The zero-order chi connectivity index (χ0) is 15.3. The van der Waals surface area contributed by atoms with Gasteiger partial charge in [0.1, 0.15) is 0 Å². The van der Waals surface area contributed by atoms with Crippen molar-refractivity contribution in [2.75, 3.05) is 12.4 Å². The maximum absolute atomic E-state index is 11.7. The normalized spacial score (nSPS) is 33.0. The topological polar surface area (TPSA) is 38.3 Å². The number of rotatable bonds is 3. The summed E-state index contributed by atoms with van der Waals surface area (Å²) in [4.78, 5) is 11.7. The van der Waals surface area contributed by atoms with Crippen LogP contribution in [0, 0.1) is 16.7 Å². The van der Waals surface area contributed by atoms with Crippen LogP contribution < -0.4 is 5.32 Å². The van der Waals surface area contributed by atoms with Crippen molar-refractivity contribution in [3.63, 3.8) is 0 Å². The van der Waals surface area contributed by atoms with Gasteiger partial charge in [0, 0.05) is 11.7 Å². The Morgan fingerprint density at radius 3 is 2.71 bits per heavy atom. The molecule has 1 aromatic carbocycles. The Balaban J connectivity index is 1.85. The average Bonchev–Trinajstić information content (AvgIpc) is 2.94. The van der Waals surface area contributed by atoms with Crippen molar-refractivity contribution in [3.8, 4) is 0 Å². The van der Waals surface area contributed by atoms with Gasteiger partial charge in [0.05, 0.1) is 12.7 Å². The van der Waals surface area contributed by atoms with Crippen LogP contribution >= 0.6 is 0 Å². The number of fused-ring (bicyclic) bond motifs is 2. The van der Waals surface area contributed by atoms with Gasteiger partial charge >= 0.3 is 5.97 Å². The zero-order valence-corrected chi connectivity index (χ0v) is 13.4. The lowest BCUT2D eigenvalue weighted by molar-refractivity contribution is 0.0601. The second-order valence-electron chi connectivity index (χ2n) is 7.56. The molecular formula is C18H25NO2. The van der Waals surface area contributed by atoms with Crippen molar-refractivity contribution in [1.29, 1.82) is 0 Å². The van der Waals surface area contributed by atoms with Gasteiger partial charge in [0.2, 0.25) is 0 Å². The van der Waals surface area contributed by atoms with E-state index in [1.165, 1.54) is 26.4 Å². The van der Waals surface area contributed by atoms with Gasteiger partial charge in [0.25, 0.3) is 0 Å². The monoisotopic (exact) mass is 287 g/mol. The molecule has 0 aliphatic heterocycles. The van der Waals surface area contributed by atoms with Gasteiger partial charge in [-0.3, -0.25) is 0 Å². The van der Waals surface area contributed by atoms with Gasteiger partial charge in [0.15, 0.2) is 0 Å². The van der Waals surface area contributed by atoms with Crippen LogP contribution in [0.15, 0.2) is 24.3 Å². The number of ether oxygens (including phenoxy) is 1. The third-order valence-corrected chi connectivity index (χ3v) is 5.86. The van der Waals surface area contributed by atoms with Gasteiger partial charge in [-0.2, -0.15) is 0 Å². The fourth-order valence-electron chi connectivity index (χ4n) is 4.68. The molecule has 2 saturated carbocycles. The minimum absolute atomic E-state index is 0.280. The molecule has 2 aliphatic carbocycles. The van der Waals surface area contributed by atoms with Crippen LogP contribution in [0.3, 0.4) is 0 Å². The number of carbonyl (C=O) groups excluding carboxylic acids is 1. The molecule has 0 aromatic heterocycles. The summed E-state index contributed by atoms with van der Waals surface area (Å²) in [5, 5.41) is 3.71. The minimum atomic E-state index is -0.280. The third kappa shape index (κ3) is 2.23. The molecule has 0 heterocycles. The Kier molecular flexibility index (Phi) is 3.27. The van der Waals surface area contributed by atoms with E-state index in [1.807, 2.05) is 18.2 Å². The zero-order valence-electron chi connectivity index (χ0n) is 13.4. The molecule has 2 aliphatic rings. The lowest BCUT2D eigenvalue weighted by Crippen LogP contribution is -2.45. The van der Waals surface area contributed by atoms with Crippen LogP contribution in [0.2, 0.25) is 0 Å². The molecule has 3 heteroatoms. The highest BCUT2D eigenvalue weighted by atomic mass is 16.5. The van der Waals surface area contributed by atoms with Gasteiger partial charge in [-0.25, -0.2) is 4.79 Å². The summed E-state index contributed by atoms with van der Waals surface area (Å²) in [6.45, 7) is 7.16. The molecule has 1 aromatic rings. The number of benzene rings is 1. The SMILES string of the molecule is COC(=O)c1cccc(NC2C(C)(C)[C@H]3CC[C@]2(C)C3)c1. The molecule has 0 saturated heterocycles. The summed E-state index contributed by atoms with van der Waals surface area (Å²) < 4.78 is 4.80. The second-order valence-corrected chi connectivity index (χ2v) is 7.56. The van der Waals surface area contributed by atoms with E-state index < -0.39 is 0 Å². The van der Waals surface area contributed by atoms with Gasteiger partial charge in [-0.15, -0.1) is 0 Å². The lowest BCUT2D eigenvalue weighted by atomic mass is 9.68. The first kappa shape index (κ1) is 14.4.